The monoisotopic (exact) mass is 176 g/mol. The first-order valence-electron chi connectivity index (χ1n) is 4.06. The zero-order valence-corrected chi connectivity index (χ0v) is 8.49. The molecule has 1 aliphatic heterocycles. The number of hydrogen-bond donors (Lipinski definition) is 1. The van der Waals surface area contributed by atoms with Crippen molar-refractivity contribution in [1.29, 1.82) is 0 Å². The van der Waals surface area contributed by atoms with Gasteiger partial charge in [0, 0.05) is 5.88 Å². The van der Waals surface area contributed by atoms with E-state index in [1.807, 2.05) is 6.92 Å². The first kappa shape index (κ1) is 11.1. The van der Waals surface area contributed by atoms with Gasteiger partial charge in [-0.05, 0) is 32.3 Å². The van der Waals surface area contributed by atoms with Gasteiger partial charge in [-0.25, -0.2) is 0 Å². The van der Waals surface area contributed by atoms with Crippen LogP contribution in [0, 0.1) is 0 Å². The first-order chi connectivity index (χ1) is 5.20. The third-order valence-corrected chi connectivity index (χ3v) is 3.05. The molecule has 0 aromatic carbocycles. The average Bonchev–Trinajstić information content (AvgIpc) is 1.88. The van der Waals surface area contributed by atoms with E-state index >= 15 is 0 Å². The average molecular weight is 176 g/mol. The Morgan fingerprint density at radius 2 is 2.18 bits per heavy atom. The van der Waals surface area contributed by atoms with E-state index in [4.69, 9.17) is 5.73 Å². The Bertz CT molecular complexity index is 115. The summed E-state index contributed by atoms with van der Waals surface area (Å²) in [5.74, 6) is 6.61. The molecule has 3 heteroatoms. The number of hydrogen-bond acceptors (Lipinski definition) is 2. The smallest absolute Gasteiger partial charge is 0.0386 e. The lowest BCUT2D eigenvalue weighted by Crippen LogP contribution is -2.25. The Morgan fingerprint density at radius 3 is 2.45 bits per heavy atom. The van der Waals surface area contributed by atoms with Gasteiger partial charge in [0.25, 0.3) is 0 Å². The molecule has 1 rings (SSSR count). The Labute approximate surface area is 72.7 Å². The highest BCUT2D eigenvalue weighted by atomic mass is 32.2. The predicted molar refractivity (Wildman–Crippen MR) is 56.4 cm³/mol. The van der Waals surface area contributed by atoms with Crippen LogP contribution in [0.15, 0.2) is 0 Å². The second-order valence-electron chi connectivity index (χ2n) is 2.79. The van der Waals surface area contributed by atoms with Crippen LogP contribution in [-0.2, 0) is 0 Å². The molecule has 2 nitrogen and oxygen atoms in total. The second kappa shape index (κ2) is 6.83. The molecule has 0 saturated carbocycles. The molecule has 0 amide bonds. The molecule has 1 saturated heterocycles. The molecule has 68 valence electrons. The van der Waals surface area contributed by atoms with Crippen molar-refractivity contribution in [3.63, 3.8) is 0 Å². The molecule has 1 aliphatic rings. The molecular weight excluding hydrogens is 156 g/mol. The van der Waals surface area contributed by atoms with Gasteiger partial charge in [0.2, 0.25) is 0 Å². The summed E-state index contributed by atoms with van der Waals surface area (Å²) in [7, 11) is 2.63. The van der Waals surface area contributed by atoms with Crippen LogP contribution >= 0.6 is 10.5 Å². The third-order valence-electron chi connectivity index (χ3n) is 1.38. The predicted octanol–water partition coefficient (Wildman–Crippen LogP) is 0.945. The fraction of sp³-hybridized carbons (Fsp3) is 0.875. The maximum atomic E-state index is 4.85. The van der Waals surface area contributed by atoms with E-state index < -0.39 is 0 Å². The number of nitrogens with zero attached hydrogens (tertiary/aromatic N) is 1. The molecule has 1 heterocycles. The second-order valence-corrected chi connectivity index (χ2v) is 4.68. The Balaban J connectivity index is 0.000000292. The van der Waals surface area contributed by atoms with E-state index in [-0.39, 0.29) is 0 Å². The van der Waals surface area contributed by atoms with Crippen molar-refractivity contribution in [3.05, 3.63) is 0 Å². The summed E-state index contributed by atoms with van der Waals surface area (Å²) in [5.41, 5.74) is 4.85. The Morgan fingerprint density at radius 1 is 1.64 bits per heavy atom. The molecule has 11 heavy (non-hydrogen) atoms. The van der Waals surface area contributed by atoms with Crippen LogP contribution in [0.5, 0.6) is 0 Å². The molecule has 0 bridgehead atoms. The van der Waals surface area contributed by atoms with Crippen LogP contribution < -0.4 is 5.73 Å². The van der Waals surface area contributed by atoms with Gasteiger partial charge in [0.05, 0.1) is 0 Å². The minimum Gasteiger partial charge on any atom is -0.331 e. The number of rotatable bonds is 0. The minimum absolute atomic E-state index is 0.456. The van der Waals surface area contributed by atoms with Crippen LogP contribution in [0.25, 0.3) is 0 Å². The third kappa shape index (κ3) is 6.53. The van der Waals surface area contributed by atoms with Crippen molar-refractivity contribution >= 4 is 16.4 Å². The lowest BCUT2D eigenvalue weighted by atomic mass is 10.4. The van der Waals surface area contributed by atoms with Gasteiger partial charge < -0.3 is 5.73 Å². The van der Waals surface area contributed by atoms with Crippen molar-refractivity contribution in [2.75, 3.05) is 31.8 Å². The van der Waals surface area contributed by atoms with Gasteiger partial charge in [-0.2, -0.15) is 10.5 Å². The maximum absolute atomic E-state index is 4.85. The summed E-state index contributed by atoms with van der Waals surface area (Å²) >= 11 is 0. The van der Waals surface area contributed by atoms with Crippen molar-refractivity contribution in [2.45, 2.75) is 13.3 Å². The summed E-state index contributed by atoms with van der Waals surface area (Å²) < 4.78 is 0. The van der Waals surface area contributed by atoms with E-state index in [2.05, 4.69) is 17.8 Å². The maximum Gasteiger partial charge on any atom is 0.0386 e. The molecule has 1 unspecified atom stereocenters. The lowest BCUT2D eigenvalue weighted by Gasteiger charge is -2.24. The van der Waals surface area contributed by atoms with Gasteiger partial charge in [0.15, 0.2) is 0 Å². The topological polar surface area (TPSA) is 29.3 Å². The lowest BCUT2D eigenvalue weighted by molar-refractivity contribution is 0.383. The molecule has 0 aliphatic carbocycles. The van der Waals surface area contributed by atoms with Crippen LogP contribution in [-0.4, -0.2) is 42.5 Å². The van der Waals surface area contributed by atoms with Crippen LogP contribution in [0.2, 0.25) is 0 Å². The van der Waals surface area contributed by atoms with E-state index in [0.717, 1.165) is 6.54 Å². The highest BCUT2D eigenvalue weighted by molar-refractivity contribution is 8.14. The standard InChI is InChI=1S/C6H13NS.C2H7N/c1-7-4-3-5-8(2)6-7;1-2-3/h2-6H2,1H3;2-3H2,1H3. The van der Waals surface area contributed by atoms with Gasteiger partial charge in [-0.3, -0.25) is 4.90 Å². The van der Waals surface area contributed by atoms with Gasteiger partial charge >= 0.3 is 0 Å². The van der Waals surface area contributed by atoms with Crippen molar-refractivity contribution in [2.24, 2.45) is 5.73 Å². The summed E-state index contributed by atoms with van der Waals surface area (Å²) in [6, 6.07) is 0. The molecule has 1 atom stereocenters. The molecule has 0 spiro atoms. The highest BCUT2D eigenvalue weighted by Gasteiger charge is 2.05. The molecule has 1 fully saturated rings. The van der Waals surface area contributed by atoms with Gasteiger partial charge in [-0.15, -0.1) is 0 Å². The summed E-state index contributed by atoms with van der Waals surface area (Å²) in [5, 5.41) is 0. The molecule has 0 radical (unpaired) electrons. The SMILES string of the molecule is C=S1CCCN(C)C1.CCN. The van der Waals surface area contributed by atoms with Crippen LogP contribution in [0.3, 0.4) is 0 Å². The fourth-order valence-corrected chi connectivity index (χ4v) is 2.40. The number of nitrogens with two attached hydrogens (primary N) is 1. The van der Waals surface area contributed by atoms with E-state index in [1.54, 1.807) is 0 Å². The highest BCUT2D eigenvalue weighted by Crippen LogP contribution is 2.17. The van der Waals surface area contributed by atoms with Crippen molar-refractivity contribution in [1.82, 2.24) is 4.90 Å². The Hall–Kier alpha value is 0.140. The molecule has 0 aromatic rings. The molecular formula is C8H20N2S. The summed E-state index contributed by atoms with van der Waals surface area (Å²) in [6.45, 7) is 3.93. The Kier molecular flexibility index (Phi) is 6.91. The van der Waals surface area contributed by atoms with E-state index in [9.17, 15) is 0 Å². The molecule has 2 N–H and O–H groups in total. The molecule has 0 aromatic heterocycles. The zero-order valence-electron chi connectivity index (χ0n) is 7.68. The normalized spacial score (nSPS) is 25.5. The van der Waals surface area contributed by atoms with Crippen LogP contribution in [0.1, 0.15) is 13.3 Å². The van der Waals surface area contributed by atoms with Crippen LogP contribution in [0.4, 0.5) is 0 Å². The first-order valence-corrected chi connectivity index (χ1v) is 5.79. The van der Waals surface area contributed by atoms with E-state index in [1.165, 1.54) is 24.6 Å². The van der Waals surface area contributed by atoms with Gasteiger partial charge in [-0.1, -0.05) is 12.8 Å². The van der Waals surface area contributed by atoms with Crippen molar-refractivity contribution < 1.29 is 0 Å². The fourth-order valence-electron chi connectivity index (χ4n) is 0.979. The summed E-state index contributed by atoms with van der Waals surface area (Å²) in [6.07, 6.45) is 1.35. The van der Waals surface area contributed by atoms with E-state index in [0.29, 0.717) is 10.5 Å². The summed E-state index contributed by atoms with van der Waals surface area (Å²) in [4.78, 5) is 2.36. The zero-order chi connectivity index (χ0) is 8.69. The minimum atomic E-state index is 0.456. The van der Waals surface area contributed by atoms with Gasteiger partial charge in [0.1, 0.15) is 0 Å². The largest absolute Gasteiger partial charge is 0.331 e. The van der Waals surface area contributed by atoms with Crippen molar-refractivity contribution in [3.8, 4) is 0 Å². The quantitative estimate of drug-likeness (QED) is 0.557.